The zero-order valence-corrected chi connectivity index (χ0v) is 10.8. The van der Waals surface area contributed by atoms with Gasteiger partial charge in [-0.15, -0.1) is 0 Å². The van der Waals surface area contributed by atoms with Crippen LogP contribution in [0, 0.1) is 11.8 Å². The van der Waals surface area contributed by atoms with Gasteiger partial charge in [-0.05, 0) is 18.8 Å². The van der Waals surface area contributed by atoms with Crippen LogP contribution in [0.4, 0.5) is 13.2 Å². The van der Waals surface area contributed by atoms with Crippen LogP contribution in [0.2, 0.25) is 0 Å². The SMILES string of the molecule is CC(C)CS(=O)(=O)N1CCCC(C(F)(F)F)C1. The summed E-state index contributed by atoms with van der Waals surface area (Å²) in [5.41, 5.74) is 0. The van der Waals surface area contributed by atoms with Crippen LogP contribution in [0.15, 0.2) is 0 Å². The Kier molecular flexibility index (Phi) is 4.46. The fourth-order valence-electron chi connectivity index (χ4n) is 1.99. The van der Waals surface area contributed by atoms with Crippen molar-refractivity contribution in [2.24, 2.45) is 11.8 Å². The highest BCUT2D eigenvalue weighted by Crippen LogP contribution is 2.34. The molecule has 0 aromatic rings. The quantitative estimate of drug-likeness (QED) is 0.791. The van der Waals surface area contributed by atoms with E-state index in [2.05, 4.69) is 0 Å². The van der Waals surface area contributed by atoms with Crippen molar-refractivity contribution in [3.63, 3.8) is 0 Å². The summed E-state index contributed by atoms with van der Waals surface area (Å²) in [7, 11) is -3.54. The molecule has 1 aliphatic heterocycles. The normalized spacial score (nSPS) is 24.2. The maximum Gasteiger partial charge on any atom is 0.393 e. The zero-order valence-electron chi connectivity index (χ0n) is 10.00. The summed E-state index contributed by atoms with van der Waals surface area (Å²) in [4.78, 5) is 0. The van der Waals surface area contributed by atoms with Crippen molar-refractivity contribution in [1.29, 1.82) is 0 Å². The molecule has 1 fully saturated rings. The fourth-order valence-corrected chi connectivity index (χ4v) is 3.86. The first kappa shape index (κ1) is 14.8. The number of hydrogen-bond donors (Lipinski definition) is 0. The van der Waals surface area contributed by atoms with Crippen LogP contribution in [0.5, 0.6) is 0 Å². The van der Waals surface area contributed by atoms with E-state index in [1.54, 1.807) is 13.8 Å². The molecule has 17 heavy (non-hydrogen) atoms. The second-order valence-electron chi connectivity index (χ2n) is 4.91. The third-order valence-electron chi connectivity index (χ3n) is 2.78. The van der Waals surface area contributed by atoms with Crippen molar-refractivity contribution in [2.75, 3.05) is 18.8 Å². The van der Waals surface area contributed by atoms with Crippen LogP contribution in [0.1, 0.15) is 26.7 Å². The molecule has 0 aromatic heterocycles. The first-order valence-electron chi connectivity index (χ1n) is 5.67. The maximum atomic E-state index is 12.5. The van der Waals surface area contributed by atoms with Gasteiger partial charge in [0.05, 0.1) is 11.7 Å². The third kappa shape index (κ3) is 4.13. The minimum Gasteiger partial charge on any atom is -0.212 e. The lowest BCUT2D eigenvalue weighted by atomic mass is 9.99. The van der Waals surface area contributed by atoms with E-state index in [4.69, 9.17) is 0 Å². The number of alkyl halides is 3. The third-order valence-corrected chi connectivity index (χ3v) is 4.99. The van der Waals surface area contributed by atoms with E-state index < -0.39 is 28.7 Å². The molecule has 1 heterocycles. The molecule has 3 nitrogen and oxygen atoms in total. The van der Waals surface area contributed by atoms with E-state index in [0.29, 0.717) is 0 Å². The van der Waals surface area contributed by atoms with Gasteiger partial charge in [-0.25, -0.2) is 12.7 Å². The number of nitrogens with zero attached hydrogens (tertiary/aromatic N) is 1. The first-order chi connectivity index (χ1) is 7.63. The molecule has 0 radical (unpaired) electrons. The van der Waals surface area contributed by atoms with Gasteiger partial charge in [0.25, 0.3) is 0 Å². The Morgan fingerprint density at radius 3 is 2.41 bits per heavy atom. The highest BCUT2D eigenvalue weighted by molar-refractivity contribution is 7.89. The molecule has 0 aromatic carbocycles. The summed E-state index contributed by atoms with van der Waals surface area (Å²) < 4.78 is 62.3. The molecule has 0 N–H and O–H groups in total. The Balaban J connectivity index is 2.73. The number of rotatable bonds is 3. The summed E-state index contributed by atoms with van der Waals surface area (Å²) in [5, 5.41) is 0. The van der Waals surface area contributed by atoms with Crippen molar-refractivity contribution in [3.05, 3.63) is 0 Å². The average molecular weight is 273 g/mol. The number of hydrogen-bond acceptors (Lipinski definition) is 2. The molecule has 1 rings (SSSR count). The molecule has 1 unspecified atom stereocenters. The molecule has 1 saturated heterocycles. The smallest absolute Gasteiger partial charge is 0.212 e. The van der Waals surface area contributed by atoms with Crippen LogP contribution in [-0.4, -0.2) is 37.7 Å². The minimum absolute atomic E-state index is 0.0250. The van der Waals surface area contributed by atoms with Gasteiger partial charge >= 0.3 is 6.18 Å². The molecule has 7 heteroatoms. The van der Waals surface area contributed by atoms with Gasteiger partial charge < -0.3 is 0 Å². The van der Waals surface area contributed by atoms with E-state index in [1.807, 2.05) is 0 Å². The number of sulfonamides is 1. The van der Waals surface area contributed by atoms with Crippen molar-refractivity contribution in [1.82, 2.24) is 4.31 Å². The van der Waals surface area contributed by atoms with Crippen molar-refractivity contribution < 1.29 is 21.6 Å². The van der Waals surface area contributed by atoms with Gasteiger partial charge in [-0.1, -0.05) is 13.8 Å². The van der Waals surface area contributed by atoms with Gasteiger partial charge in [0.1, 0.15) is 0 Å². The lowest BCUT2D eigenvalue weighted by Crippen LogP contribution is -2.45. The van der Waals surface area contributed by atoms with Gasteiger partial charge in [0, 0.05) is 13.1 Å². The second-order valence-corrected chi connectivity index (χ2v) is 6.92. The van der Waals surface area contributed by atoms with Crippen molar-refractivity contribution in [3.8, 4) is 0 Å². The first-order valence-corrected chi connectivity index (χ1v) is 7.28. The molecule has 0 spiro atoms. The molecule has 0 aliphatic carbocycles. The highest BCUT2D eigenvalue weighted by atomic mass is 32.2. The summed E-state index contributed by atoms with van der Waals surface area (Å²) in [5.74, 6) is -1.68. The molecule has 1 atom stereocenters. The minimum atomic E-state index is -4.30. The number of piperidine rings is 1. The topological polar surface area (TPSA) is 37.4 Å². The van der Waals surface area contributed by atoms with Gasteiger partial charge in [0.15, 0.2) is 0 Å². The van der Waals surface area contributed by atoms with Crippen LogP contribution in [0.25, 0.3) is 0 Å². The Labute approximate surface area is 100 Å². The van der Waals surface area contributed by atoms with E-state index in [0.717, 1.165) is 4.31 Å². The zero-order chi connectivity index (χ0) is 13.3. The summed E-state index contributed by atoms with van der Waals surface area (Å²) in [6.07, 6.45) is -4.00. The maximum absolute atomic E-state index is 12.5. The second kappa shape index (κ2) is 5.14. The van der Waals surface area contributed by atoms with Gasteiger partial charge in [0.2, 0.25) is 10.0 Å². The van der Waals surface area contributed by atoms with Crippen LogP contribution in [-0.2, 0) is 10.0 Å². The monoisotopic (exact) mass is 273 g/mol. The fraction of sp³-hybridized carbons (Fsp3) is 1.00. The molecular weight excluding hydrogens is 255 g/mol. The average Bonchev–Trinajstić information content (AvgIpc) is 2.14. The molecular formula is C10H18F3NO2S. The largest absolute Gasteiger partial charge is 0.393 e. The predicted molar refractivity (Wildman–Crippen MR) is 59.0 cm³/mol. The van der Waals surface area contributed by atoms with E-state index >= 15 is 0 Å². The van der Waals surface area contributed by atoms with Crippen molar-refractivity contribution in [2.45, 2.75) is 32.9 Å². The molecule has 0 bridgehead atoms. The summed E-state index contributed by atoms with van der Waals surface area (Å²) in [6, 6.07) is 0. The predicted octanol–water partition coefficient (Wildman–Crippen LogP) is 2.25. The number of halogens is 3. The molecule has 0 amide bonds. The van der Waals surface area contributed by atoms with E-state index in [1.165, 1.54) is 0 Å². The molecule has 1 aliphatic rings. The highest BCUT2D eigenvalue weighted by Gasteiger charge is 2.43. The van der Waals surface area contributed by atoms with Crippen LogP contribution in [0.3, 0.4) is 0 Å². The van der Waals surface area contributed by atoms with Gasteiger partial charge in [-0.3, -0.25) is 0 Å². The molecule has 0 saturated carbocycles. The van der Waals surface area contributed by atoms with Crippen LogP contribution < -0.4 is 0 Å². The van der Waals surface area contributed by atoms with Crippen LogP contribution >= 0.6 is 0 Å². The summed E-state index contributed by atoms with van der Waals surface area (Å²) >= 11 is 0. The molecule has 102 valence electrons. The Morgan fingerprint density at radius 1 is 1.35 bits per heavy atom. The van der Waals surface area contributed by atoms with Gasteiger partial charge in [-0.2, -0.15) is 13.2 Å². The Bertz CT molecular complexity index is 351. The lowest BCUT2D eigenvalue weighted by molar-refractivity contribution is -0.182. The Morgan fingerprint density at radius 2 is 1.94 bits per heavy atom. The summed E-state index contributed by atoms with van der Waals surface area (Å²) in [6.45, 7) is 3.27. The van der Waals surface area contributed by atoms with Crippen molar-refractivity contribution >= 4 is 10.0 Å². The Hall–Kier alpha value is -0.300. The standard InChI is InChI=1S/C10H18F3NO2S/c1-8(2)7-17(15,16)14-5-3-4-9(6-14)10(11,12)13/h8-9H,3-7H2,1-2H3. The van der Waals surface area contributed by atoms with E-state index in [9.17, 15) is 21.6 Å². The lowest BCUT2D eigenvalue weighted by Gasteiger charge is -2.33. The van der Waals surface area contributed by atoms with E-state index in [-0.39, 0.29) is 31.1 Å².